The van der Waals surface area contributed by atoms with Gasteiger partial charge in [-0.25, -0.2) is 0 Å². The molecule has 0 saturated heterocycles. The fourth-order valence-electron chi connectivity index (χ4n) is 1.78. The maximum atomic E-state index is 12.4. The lowest BCUT2D eigenvalue weighted by molar-refractivity contribution is 0.0739. The van der Waals surface area contributed by atoms with E-state index in [-0.39, 0.29) is 23.7 Å². The van der Waals surface area contributed by atoms with Crippen LogP contribution in [0.15, 0.2) is 22.7 Å². The van der Waals surface area contributed by atoms with Gasteiger partial charge in [0.2, 0.25) is 0 Å². The van der Waals surface area contributed by atoms with Gasteiger partial charge in [-0.05, 0) is 46.1 Å². The number of hydrogen-bond acceptors (Lipinski definition) is 3. The molecule has 20 heavy (non-hydrogen) atoms. The third kappa shape index (κ3) is 4.96. The number of rotatable bonds is 5. The Hall–Kier alpha value is -0.780. The zero-order chi connectivity index (χ0) is 14.6. The molecule has 0 saturated carbocycles. The van der Waals surface area contributed by atoms with Crippen molar-refractivity contribution in [3.8, 4) is 5.75 Å². The first-order valence-electron chi connectivity index (χ1n) is 6.10. The lowest BCUT2D eigenvalue weighted by atomic mass is 9.93. The molecule has 6 heteroatoms. The average Bonchev–Trinajstić information content (AvgIpc) is 2.38. The van der Waals surface area contributed by atoms with Crippen LogP contribution in [0.2, 0.25) is 0 Å². The number of nitrogens with two attached hydrogens (primary N) is 1. The Bertz CT molecular complexity index is 466. The number of carbonyl (C=O) groups excluding carboxylic acids is 1. The van der Waals surface area contributed by atoms with Gasteiger partial charge in [-0.15, -0.1) is 12.4 Å². The smallest absolute Gasteiger partial charge is 0.254 e. The molecule has 0 heterocycles. The molecule has 0 bridgehead atoms. The lowest BCUT2D eigenvalue weighted by Gasteiger charge is -2.29. The molecular formula is C14H22BrClN2O2. The molecule has 1 aromatic rings. The monoisotopic (exact) mass is 364 g/mol. The highest BCUT2D eigenvalue weighted by molar-refractivity contribution is 9.10. The maximum Gasteiger partial charge on any atom is 0.254 e. The molecule has 114 valence electrons. The Kier molecular flexibility index (Phi) is 7.55. The molecule has 0 unspecified atom stereocenters. The minimum Gasteiger partial charge on any atom is -0.497 e. The summed E-state index contributed by atoms with van der Waals surface area (Å²) < 4.78 is 5.91. The number of carbonyl (C=O) groups is 1. The molecule has 4 nitrogen and oxygen atoms in total. The molecule has 0 aliphatic carbocycles. The summed E-state index contributed by atoms with van der Waals surface area (Å²) >= 11 is 3.40. The minimum absolute atomic E-state index is 0. The summed E-state index contributed by atoms with van der Waals surface area (Å²) in [7, 11) is 3.37. The van der Waals surface area contributed by atoms with E-state index in [1.807, 2.05) is 26.0 Å². The van der Waals surface area contributed by atoms with Crippen LogP contribution >= 0.6 is 28.3 Å². The van der Waals surface area contributed by atoms with E-state index in [4.69, 9.17) is 10.5 Å². The molecule has 0 aliphatic rings. The summed E-state index contributed by atoms with van der Waals surface area (Å²) in [5.41, 5.74) is 6.19. The fraction of sp³-hybridized carbons (Fsp3) is 0.500. The van der Waals surface area contributed by atoms with Crippen molar-refractivity contribution in [3.05, 3.63) is 28.2 Å². The molecule has 2 N–H and O–H groups in total. The van der Waals surface area contributed by atoms with Crippen LogP contribution < -0.4 is 10.5 Å². The fourth-order valence-corrected chi connectivity index (χ4v) is 2.20. The predicted molar refractivity (Wildman–Crippen MR) is 87.7 cm³/mol. The number of methoxy groups -OCH3 is 1. The van der Waals surface area contributed by atoms with E-state index >= 15 is 0 Å². The highest BCUT2D eigenvalue weighted by Crippen LogP contribution is 2.24. The Labute approximate surface area is 135 Å². The summed E-state index contributed by atoms with van der Waals surface area (Å²) in [6, 6.07) is 5.36. The summed E-state index contributed by atoms with van der Waals surface area (Å²) in [4.78, 5) is 14.1. The van der Waals surface area contributed by atoms with Crippen LogP contribution in [-0.4, -0.2) is 38.1 Å². The van der Waals surface area contributed by atoms with Crippen molar-refractivity contribution >= 4 is 34.2 Å². The Balaban J connectivity index is 0.00000361. The molecular weight excluding hydrogens is 344 g/mol. The molecule has 1 aromatic carbocycles. The van der Waals surface area contributed by atoms with Gasteiger partial charge in [0.1, 0.15) is 5.75 Å². The quantitative estimate of drug-likeness (QED) is 0.873. The van der Waals surface area contributed by atoms with Gasteiger partial charge in [0.05, 0.1) is 12.7 Å². The van der Waals surface area contributed by atoms with Gasteiger partial charge >= 0.3 is 0 Å². The highest BCUT2D eigenvalue weighted by Gasteiger charge is 2.23. The molecule has 0 fully saturated rings. The third-order valence-electron chi connectivity index (χ3n) is 2.97. The van der Waals surface area contributed by atoms with Gasteiger partial charge in [0.25, 0.3) is 5.91 Å². The lowest BCUT2D eigenvalue weighted by Crippen LogP contribution is -2.39. The van der Waals surface area contributed by atoms with Gasteiger partial charge in [0, 0.05) is 18.1 Å². The van der Waals surface area contributed by atoms with Gasteiger partial charge in [0.15, 0.2) is 0 Å². The van der Waals surface area contributed by atoms with Crippen LogP contribution in [0.25, 0.3) is 0 Å². The van der Waals surface area contributed by atoms with Crippen LogP contribution in [0.5, 0.6) is 5.75 Å². The van der Waals surface area contributed by atoms with Gasteiger partial charge in [-0.1, -0.05) is 13.8 Å². The van der Waals surface area contributed by atoms with E-state index in [1.165, 1.54) is 0 Å². The van der Waals surface area contributed by atoms with Gasteiger partial charge in [-0.2, -0.15) is 0 Å². The van der Waals surface area contributed by atoms with Crippen LogP contribution in [0.4, 0.5) is 0 Å². The molecule has 0 aromatic heterocycles. The topological polar surface area (TPSA) is 55.6 Å². The molecule has 0 radical (unpaired) electrons. The van der Waals surface area contributed by atoms with E-state index in [1.54, 1.807) is 25.1 Å². The summed E-state index contributed by atoms with van der Waals surface area (Å²) in [6.45, 7) is 5.21. The maximum absolute atomic E-state index is 12.4. The largest absolute Gasteiger partial charge is 0.497 e. The number of amides is 1. The van der Waals surface area contributed by atoms with E-state index in [2.05, 4.69) is 15.9 Å². The SMILES string of the molecule is COc1ccc(Br)c(C(=O)N(C)CC(C)(C)CN)c1.Cl. The van der Waals surface area contributed by atoms with Crippen molar-refractivity contribution in [2.45, 2.75) is 13.8 Å². The first kappa shape index (κ1) is 19.2. The van der Waals surface area contributed by atoms with Crippen LogP contribution in [0, 0.1) is 5.41 Å². The Morgan fingerprint density at radius 3 is 2.55 bits per heavy atom. The second-order valence-corrected chi connectivity index (χ2v) is 6.23. The van der Waals surface area contributed by atoms with E-state index in [0.29, 0.717) is 24.4 Å². The first-order chi connectivity index (χ1) is 8.80. The highest BCUT2D eigenvalue weighted by atomic mass is 79.9. The number of ether oxygens (including phenoxy) is 1. The minimum atomic E-state index is -0.101. The van der Waals surface area contributed by atoms with Crippen molar-refractivity contribution in [3.63, 3.8) is 0 Å². The molecule has 0 aliphatic heterocycles. The summed E-state index contributed by atoms with van der Waals surface area (Å²) in [5.74, 6) is 0.616. The average molecular weight is 366 g/mol. The number of hydrogen-bond donors (Lipinski definition) is 1. The van der Waals surface area contributed by atoms with E-state index in [9.17, 15) is 4.79 Å². The molecule has 0 spiro atoms. The second-order valence-electron chi connectivity index (χ2n) is 5.38. The second kappa shape index (κ2) is 7.86. The van der Waals surface area contributed by atoms with Crippen molar-refractivity contribution in [1.82, 2.24) is 4.90 Å². The van der Waals surface area contributed by atoms with Crippen LogP contribution in [0.1, 0.15) is 24.2 Å². The first-order valence-corrected chi connectivity index (χ1v) is 6.89. The predicted octanol–water partition coefficient (Wildman–Crippen LogP) is 2.94. The van der Waals surface area contributed by atoms with Crippen molar-refractivity contribution < 1.29 is 9.53 Å². The summed E-state index contributed by atoms with van der Waals surface area (Å²) in [6.07, 6.45) is 0. The van der Waals surface area contributed by atoms with Crippen LogP contribution in [0.3, 0.4) is 0 Å². The van der Waals surface area contributed by atoms with Crippen molar-refractivity contribution in [2.24, 2.45) is 11.1 Å². The van der Waals surface area contributed by atoms with Crippen molar-refractivity contribution in [2.75, 3.05) is 27.2 Å². The number of benzene rings is 1. The number of halogens is 2. The third-order valence-corrected chi connectivity index (χ3v) is 3.66. The number of nitrogens with zero attached hydrogens (tertiary/aromatic N) is 1. The van der Waals surface area contributed by atoms with Crippen molar-refractivity contribution in [1.29, 1.82) is 0 Å². The van der Waals surface area contributed by atoms with E-state index < -0.39 is 0 Å². The Morgan fingerprint density at radius 1 is 1.45 bits per heavy atom. The van der Waals surface area contributed by atoms with Gasteiger partial charge < -0.3 is 15.4 Å². The molecule has 0 atom stereocenters. The van der Waals surface area contributed by atoms with Crippen LogP contribution in [-0.2, 0) is 0 Å². The zero-order valence-corrected chi connectivity index (χ0v) is 14.7. The molecule has 1 amide bonds. The normalized spacial score (nSPS) is 10.7. The standard InChI is InChI=1S/C14H21BrN2O2.ClH/c1-14(2,8-16)9-17(3)13(18)11-7-10(19-4)5-6-12(11)15;/h5-7H,8-9,16H2,1-4H3;1H. The molecule has 1 rings (SSSR count). The zero-order valence-electron chi connectivity index (χ0n) is 12.3. The Morgan fingerprint density at radius 2 is 2.05 bits per heavy atom. The summed E-state index contributed by atoms with van der Waals surface area (Å²) in [5, 5.41) is 0. The van der Waals surface area contributed by atoms with E-state index in [0.717, 1.165) is 4.47 Å². The van der Waals surface area contributed by atoms with Gasteiger partial charge in [-0.3, -0.25) is 4.79 Å².